The normalized spacial score (nSPS) is 41.7. The Bertz CT molecular complexity index is 110. The number of nitrogens with zero attached hydrogens (tertiary/aromatic N) is 1. The third-order valence-corrected chi connectivity index (χ3v) is 2.61. The highest BCUT2D eigenvalue weighted by molar-refractivity contribution is 4.84. The average molecular weight is 140 g/mol. The zero-order chi connectivity index (χ0) is 6.97. The zero-order valence-corrected chi connectivity index (χ0v) is 6.64. The van der Waals surface area contributed by atoms with Crippen LogP contribution in [0.4, 0.5) is 0 Å². The van der Waals surface area contributed by atoms with Gasteiger partial charge in [-0.3, -0.25) is 4.90 Å². The van der Waals surface area contributed by atoms with Crippen LogP contribution in [0, 0.1) is 5.92 Å². The van der Waals surface area contributed by atoms with E-state index in [1.54, 1.807) is 0 Å². The van der Waals surface area contributed by atoms with E-state index in [0.717, 1.165) is 12.1 Å². The van der Waals surface area contributed by atoms with Crippen LogP contribution in [0.15, 0.2) is 0 Å². The first-order valence-corrected chi connectivity index (χ1v) is 4.33. The van der Waals surface area contributed by atoms with Crippen molar-refractivity contribution in [1.82, 2.24) is 10.2 Å². The molecule has 2 saturated heterocycles. The Morgan fingerprint density at radius 3 is 3.20 bits per heavy atom. The van der Waals surface area contributed by atoms with Crippen molar-refractivity contribution in [3.63, 3.8) is 0 Å². The molecular formula is C8H16N2. The van der Waals surface area contributed by atoms with Gasteiger partial charge in [-0.2, -0.15) is 0 Å². The molecule has 10 heavy (non-hydrogen) atoms. The predicted octanol–water partition coefficient (Wildman–Crippen LogP) is 0.648. The van der Waals surface area contributed by atoms with Crippen molar-refractivity contribution in [2.75, 3.05) is 19.6 Å². The van der Waals surface area contributed by atoms with Crippen LogP contribution >= 0.6 is 0 Å². The van der Waals surface area contributed by atoms with Gasteiger partial charge in [-0.1, -0.05) is 6.92 Å². The van der Waals surface area contributed by atoms with Gasteiger partial charge in [0.2, 0.25) is 0 Å². The highest BCUT2D eigenvalue weighted by Gasteiger charge is 2.30. The summed E-state index contributed by atoms with van der Waals surface area (Å²) in [5.41, 5.74) is 0. The molecule has 0 aromatic rings. The first-order chi connectivity index (χ1) is 4.86. The highest BCUT2D eigenvalue weighted by atomic mass is 15.3. The first kappa shape index (κ1) is 6.62. The molecule has 2 atom stereocenters. The molecule has 0 amide bonds. The fourth-order valence-corrected chi connectivity index (χ4v) is 2.14. The molecule has 0 aliphatic carbocycles. The number of fused-ring (bicyclic) bond motifs is 1. The van der Waals surface area contributed by atoms with Crippen LogP contribution in [0.3, 0.4) is 0 Å². The third kappa shape index (κ3) is 1.06. The van der Waals surface area contributed by atoms with E-state index in [-0.39, 0.29) is 0 Å². The molecule has 0 bridgehead atoms. The van der Waals surface area contributed by atoms with Gasteiger partial charge in [-0.05, 0) is 25.3 Å². The zero-order valence-electron chi connectivity index (χ0n) is 6.64. The van der Waals surface area contributed by atoms with Gasteiger partial charge in [-0.25, -0.2) is 0 Å². The monoisotopic (exact) mass is 140 g/mol. The number of hydrogen-bond acceptors (Lipinski definition) is 2. The maximum atomic E-state index is 3.54. The molecule has 2 nitrogen and oxygen atoms in total. The quantitative estimate of drug-likeness (QED) is 0.531. The second kappa shape index (κ2) is 2.51. The molecule has 58 valence electrons. The van der Waals surface area contributed by atoms with E-state index in [2.05, 4.69) is 17.1 Å². The summed E-state index contributed by atoms with van der Waals surface area (Å²) in [6.45, 7) is 6.22. The molecule has 2 fully saturated rings. The molecule has 2 heterocycles. The van der Waals surface area contributed by atoms with Crippen molar-refractivity contribution in [2.45, 2.75) is 25.9 Å². The topological polar surface area (TPSA) is 15.3 Å². The van der Waals surface area contributed by atoms with Crippen molar-refractivity contribution in [1.29, 1.82) is 0 Å². The highest BCUT2D eigenvalue weighted by Crippen LogP contribution is 2.22. The molecular weight excluding hydrogens is 124 g/mol. The number of rotatable bonds is 0. The largest absolute Gasteiger partial charge is 0.302 e. The summed E-state index contributed by atoms with van der Waals surface area (Å²) in [6, 6.07) is 0. The first-order valence-electron chi connectivity index (χ1n) is 4.33. The van der Waals surface area contributed by atoms with Crippen molar-refractivity contribution >= 4 is 0 Å². The molecule has 2 unspecified atom stereocenters. The Balaban J connectivity index is 1.97. The third-order valence-electron chi connectivity index (χ3n) is 2.61. The van der Waals surface area contributed by atoms with Crippen LogP contribution in [0.5, 0.6) is 0 Å². The van der Waals surface area contributed by atoms with E-state index < -0.39 is 0 Å². The fraction of sp³-hybridized carbons (Fsp3) is 1.00. The lowest BCUT2D eigenvalue weighted by Gasteiger charge is -2.30. The number of hydrogen-bond donors (Lipinski definition) is 1. The Kier molecular flexibility index (Phi) is 1.66. The fourth-order valence-electron chi connectivity index (χ4n) is 2.14. The van der Waals surface area contributed by atoms with Gasteiger partial charge in [0.05, 0.1) is 6.17 Å². The molecule has 2 aliphatic rings. The summed E-state index contributed by atoms with van der Waals surface area (Å²) in [4.78, 5) is 2.58. The minimum Gasteiger partial charge on any atom is -0.302 e. The Hall–Kier alpha value is -0.0800. The minimum atomic E-state index is 0.726. The Labute approximate surface area is 62.6 Å². The van der Waals surface area contributed by atoms with Crippen molar-refractivity contribution in [3.05, 3.63) is 0 Å². The lowest BCUT2D eigenvalue weighted by Crippen LogP contribution is -2.47. The van der Waals surface area contributed by atoms with Crippen molar-refractivity contribution in [3.8, 4) is 0 Å². The second-order valence-corrected chi connectivity index (χ2v) is 3.66. The second-order valence-electron chi connectivity index (χ2n) is 3.66. The van der Waals surface area contributed by atoms with Crippen molar-refractivity contribution in [2.24, 2.45) is 5.92 Å². The molecule has 1 N–H and O–H groups in total. The number of nitrogens with one attached hydrogen (secondary N) is 1. The van der Waals surface area contributed by atoms with E-state index in [9.17, 15) is 0 Å². The molecule has 2 rings (SSSR count). The van der Waals surface area contributed by atoms with Gasteiger partial charge in [-0.15, -0.1) is 0 Å². The molecule has 0 spiro atoms. The average Bonchev–Trinajstić information content (AvgIpc) is 2.27. The van der Waals surface area contributed by atoms with Crippen molar-refractivity contribution < 1.29 is 0 Å². The Morgan fingerprint density at radius 1 is 1.50 bits per heavy atom. The van der Waals surface area contributed by atoms with Crippen LogP contribution in [0.25, 0.3) is 0 Å². The van der Waals surface area contributed by atoms with Gasteiger partial charge in [0.1, 0.15) is 0 Å². The standard InChI is InChI=1S/C8H16N2/c1-7-5-8-9-3-2-4-10(8)6-7/h7-9H,2-6H2,1H3. The van der Waals surface area contributed by atoms with Crippen LogP contribution in [0.2, 0.25) is 0 Å². The summed E-state index contributed by atoms with van der Waals surface area (Å²) in [5, 5.41) is 3.54. The smallest absolute Gasteiger partial charge is 0.0600 e. The van der Waals surface area contributed by atoms with E-state index in [0.29, 0.717) is 0 Å². The van der Waals surface area contributed by atoms with Gasteiger partial charge in [0, 0.05) is 13.1 Å². The molecule has 0 aromatic heterocycles. The Morgan fingerprint density at radius 2 is 2.40 bits per heavy atom. The summed E-state index contributed by atoms with van der Waals surface area (Å²) in [5.74, 6) is 0.913. The summed E-state index contributed by atoms with van der Waals surface area (Å²) in [6.07, 6.45) is 3.42. The van der Waals surface area contributed by atoms with Gasteiger partial charge in [0.15, 0.2) is 0 Å². The minimum absolute atomic E-state index is 0.726. The van der Waals surface area contributed by atoms with E-state index in [1.807, 2.05) is 0 Å². The summed E-state index contributed by atoms with van der Waals surface area (Å²) >= 11 is 0. The van der Waals surface area contributed by atoms with Gasteiger partial charge in [0.25, 0.3) is 0 Å². The summed E-state index contributed by atoms with van der Waals surface area (Å²) in [7, 11) is 0. The van der Waals surface area contributed by atoms with Gasteiger partial charge >= 0.3 is 0 Å². The lowest BCUT2D eigenvalue weighted by atomic mass is 10.1. The van der Waals surface area contributed by atoms with Crippen LogP contribution in [0.1, 0.15) is 19.8 Å². The molecule has 2 heteroatoms. The molecule has 0 aromatic carbocycles. The van der Waals surface area contributed by atoms with Gasteiger partial charge < -0.3 is 5.32 Å². The maximum Gasteiger partial charge on any atom is 0.0600 e. The van der Waals surface area contributed by atoms with E-state index in [4.69, 9.17) is 0 Å². The molecule has 0 saturated carbocycles. The van der Waals surface area contributed by atoms with E-state index >= 15 is 0 Å². The SMILES string of the molecule is CC1CC2NCCCN2C1. The summed E-state index contributed by atoms with van der Waals surface area (Å²) < 4.78 is 0. The predicted molar refractivity (Wildman–Crippen MR) is 41.8 cm³/mol. The van der Waals surface area contributed by atoms with Crippen LogP contribution < -0.4 is 5.32 Å². The van der Waals surface area contributed by atoms with E-state index in [1.165, 1.54) is 32.5 Å². The molecule has 2 aliphatic heterocycles. The molecule has 0 radical (unpaired) electrons. The maximum absolute atomic E-state index is 3.54. The lowest BCUT2D eigenvalue weighted by molar-refractivity contribution is 0.178. The van der Waals surface area contributed by atoms with Crippen LogP contribution in [-0.4, -0.2) is 30.7 Å². The van der Waals surface area contributed by atoms with Crippen LogP contribution in [-0.2, 0) is 0 Å².